The molecule has 0 saturated carbocycles. The van der Waals surface area contributed by atoms with Gasteiger partial charge in [-0.3, -0.25) is 9.59 Å². The van der Waals surface area contributed by atoms with Crippen molar-refractivity contribution in [1.29, 1.82) is 0 Å². The molecule has 0 radical (unpaired) electrons. The molecule has 2 amide bonds. The number of anilines is 1. The van der Waals surface area contributed by atoms with Gasteiger partial charge in [-0.25, -0.2) is 4.98 Å². The van der Waals surface area contributed by atoms with E-state index in [0.717, 1.165) is 5.56 Å². The summed E-state index contributed by atoms with van der Waals surface area (Å²) in [4.78, 5) is 26.3. The normalized spacial score (nSPS) is 11.8. The summed E-state index contributed by atoms with van der Waals surface area (Å²) in [6.07, 6.45) is 2.69. The number of rotatable bonds is 5. The maximum atomic E-state index is 11.8. The minimum absolute atomic E-state index is 0.201. The quantitative estimate of drug-likeness (QED) is 0.731. The van der Waals surface area contributed by atoms with Crippen molar-refractivity contribution in [1.82, 2.24) is 4.98 Å². The Bertz CT molecular complexity index is 610. The zero-order chi connectivity index (χ0) is 14.5. The van der Waals surface area contributed by atoms with Gasteiger partial charge in [0.05, 0.1) is 18.7 Å². The highest BCUT2D eigenvalue weighted by atomic mass is 16.3. The van der Waals surface area contributed by atoms with E-state index in [9.17, 15) is 9.59 Å². The third kappa shape index (κ3) is 3.42. The lowest BCUT2D eigenvalue weighted by atomic mass is 10.1. The maximum absolute atomic E-state index is 11.8. The molecule has 0 fully saturated rings. The van der Waals surface area contributed by atoms with Crippen LogP contribution in [0.4, 0.5) is 5.69 Å². The van der Waals surface area contributed by atoms with Crippen LogP contribution in [-0.4, -0.2) is 22.8 Å². The predicted molar refractivity (Wildman–Crippen MR) is 72.4 cm³/mol. The fourth-order valence-electron chi connectivity index (χ4n) is 1.65. The van der Waals surface area contributed by atoms with Crippen molar-refractivity contribution >= 4 is 17.5 Å². The Morgan fingerprint density at radius 2 is 2.20 bits per heavy atom. The topological polar surface area (TPSA) is 124 Å². The van der Waals surface area contributed by atoms with E-state index >= 15 is 0 Å². The average molecular weight is 274 g/mol. The second kappa shape index (κ2) is 5.98. The Morgan fingerprint density at radius 1 is 1.40 bits per heavy atom. The van der Waals surface area contributed by atoms with E-state index in [4.69, 9.17) is 15.9 Å². The highest BCUT2D eigenvalue weighted by Gasteiger charge is 2.16. The molecule has 0 spiro atoms. The van der Waals surface area contributed by atoms with Gasteiger partial charge in [0.25, 0.3) is 0 Å². The Morgan fingerprint density at radius 3 is 2.85 bits per heavy atom. The number of amides is 2. The third-order valence-corrected chi connectivity index (χ3v) is 2.60. The first-order valence-electron chi connectivity index (χ1n) is 5.90. The lowest BCUT2D eigenvalue weighted by molar-refractivity contribution is -0.123. The van der Waals surface area contributed by atoms with Crippen molar-refractivity contribution in [3.63, 3.8) is 0 Å². The van der Waals surface area contributed by atoms with Gasteiger partial charge in [0, 0.05) is 11.3 Å². The minimum atomic E-state index is -0.971. The molecule has 7 heteroatoms. The summed E-state index contributed by atoms with van der Waals surface area (Å²) in [5, 5.41) is 2.62. The molecular weight excluding hydrogens is 260 g/mol. The third-order valence-electron chi connectivity index (χ3n) is 2.60. The predicted octanol–water partition coefficient (Wildman–Crippen LogP) is 0.483. The van der Waals surface area contributed by atoms with Gasteiger partial charge in [0.15, 0.2) is 12.2 Å². The number of aromatic nitrogens is 1. The molecule has 0 aliphatic heterocycles. The van der Waals surface area contributed by atoms with Crippen LogP contribution in [0.5, 0.6) is 0 Å². The Hall–Kier alpha value is -2.67. The first kappa shape index (κ1) is 13.8. The number of nitrogens with two attached hydrogens (primary N) is 2. The molecular formula is C13H14N4O3. The molecule has 0 aliphatic carbocycles. The van der Waals surface area contributed by atoms with E-state index in [1.807, 2.05) is 6.07 Å². The van der Waals surface area contributed by atoms with Gasteiger partial charge in [0.1, 0.15) is 0 Å². The molecule has 5 N–H and O–H groups in total. The maximum Gasteiger partial charge on any atom is 0.241 e. The summed E-state index contributed by atoms with van der Waals surface area (Å²) in [5.74, 6) is -0.510. The number of nitrogens with zero attached hydrogens (tertiary/aromatic N) is 1. The SMILES string of the molecule is NC(=O)CC(N)C(=O)Nc1cccc(-c2cnco2)c1. The summed E-state index contributed by atoms with van der Waals surface area (Å²) >= 11 is 0. The van der Waals surface area contributed by atoms with Gasteiger partial charge < -0.3 is 21.2 Å². The Labute approximate surface area is 115 Å². The van der Waals surface area contributed by atoms with Crippen LogP contribution in [0.3, 0.4) is 0 Å². The second-order valence-corrected chi connectivity index (χ2v) is 4.21. The van der Waals surface area contributed by atoms with Crippen LogP contribution in [0, 0.1) is 0 Å². The monoisotopic (exact) mass is 274 g/mol. The molecule has 2 aromatic rings. The van der Waals surface area contributed by atoms with Crippen LogP contribution in [-0.2, 0) is 9.59 Å². The fraction of sp³-hybridized carbons (Fsp3) is 0.154. The van der Waals surface area contributed by atoms with Crippen LogP contribution in [0.15, 0.2) is 41.3 Å². The first-order chi connectivity index (χ1) is 9.56. The van der Waals surface area contributed by atoms with E-state index in [-0.39, 0.29) is 6.42 Å². The number of hydrogen-bond acceptors (Lipinski definition) is 5. The minimum Gasteiger partial charge on any atom is -0.444 e. The molecule has 2 rings (SSSR count). The average Bonchev–Trinajstić information content (AvgIpc) is 2.92. The summed E-state index contributed by atoms with van der Waals surface area (Å²) < 4.78 is 5.17. The number of carbonyl (C=O) groups is 2. The number of oxazole rings is 1. The van der Waals surface area contributed by atoms with Crippen LogP contribution in [0.2, 0.25) is 0 Å². The lowest BCUT2D eigenvalue weighted by Gasteiger charge is -2.11. The van der Waals surface area contributed by atoms with E-state index in [1.54, 1.807) is 24.4 Å². The second-order valence-electron chi connectivity index (χ2n) is 4.21. The number of carbonyl (C=O) groups excluding carboxylic acids is 2. The van der Waals surface area contributed by atoms with Crippen LogP contribution >= 0.6 is 0 Å². The highest BCUT2D eigenvalue weighted by molar-refractivity contribution is 5.97. The van der Waals surface area contributed by atoms with Gasteiger partial charge in [-0.05, 0) is 12.1 Å². The molecule has 1 heterocycles. The van der Waals surface area contributed by atoms with Crippen molar-refractivity contribution in [2.75, 3.05) is 5.32 Å². The summed E-state index contributed by atoms with van der Waals surface area (Å²) in [7, 11) is 0. The molecule has 0 bridgehead atoms. The van der Waals surface area contributed by atoms with Crippen molar-refractivity contribution in [2.24, 2.45) is 11.5 Å². The molecule has 104 valence electrons. The van der Waals surface area contributed by atoms with Gasteiger partial charge in [0.2, 0.25) is 11.8 Å². The first-order valence-corrected chi connectivity index (χ1v) is 5.90. The zero-order valence-electron chi connectivity index (χ0n) is 10.6. The largest absolute Gasteiger partial charge is 0.444 e. The smallest absolute Gasteiger partial charge is 0.241 e. The molecule has 1 unspecified atom stereocenters. The van der Waals surface area contributed by atoms with Crippen LogP contribution in [0.1, 0.15) is 6.42 Å². The van der Waals surface area contributed by atoms with E-state index in [1.165, 1.54) is 6.39 Å². The summed E-state index contributed by atoms with van der Waals surface area (Å²) in [6.45, 7) is 0. The number of benzene rings is 1. The Kier molecular flexibility index (Phi) is 4.11. The van der Waals surface area contributed by atoms with Crippen molar-refractivity contribution < 1.29 is 14.0 Å². The van der Waals surface area contributed by atoms with Gasteiger partial charge in [-0.1, -0.05) is 12.1 Å². The number of primary amides is 1. The van der Waals surface area contributed by atoms with Gasteiger partial charge in [-0.15, -0.1) is 0 Å². The number of nitrogens with one attached hydrogen (secondary N) is 1. The summed E-state index contributed by atoms with van der Waals surface area (Å²) in [5.41, 5.74) is 11.9. The van der Waals surface area contributed by atoms with E-state index in [2.05, 4.69) is 10.3 Å². The van der Waals surface area contributed by atoms with Crippen LogP contribution < -0.4 is 16.8 Å². The van der Waals surface area contributed by atoms with Gasteiger partial charge >= 0.3 is 0 Å². The molecule has 1 atom stereocenters. The van der Waals surface area contributed by atoms with Crippen LogP contribution in [0.25, 0.3) is 11.3 Å². The van der Waals surface area contributed by atoms with E-state index in [0.29, 0.717) is 11.4 Å². The molecule has 1 aromatic carbocycles. The molecule has 0 saturated heterocycles. The zero-order valence-corrected chi connectivity index (χ0v) is 10.6. The Balaban J connectivity index is 2.08. The highest BCUT2D eigenvalue weighted by Crippen LogP contribution is 2.22. The van der Waals surface area contributed by atoms with Crippen molar-refractivity contribution in [3.05, 3.63) is 36.9 Å². The van der Waals surface area contributed by atoms with Crippen molar-refractivity contribution in [3.8, 4) is 11.3 Å². The molecule has 20 heavy (non-hydrogen) atoms. The molecule has 1 aromatic heterocycles. The van der Waals surface area contributed by atoms with Gasteiger partial charge in [-0.2, -0.15) is 0 Å². The summed E-state index contributed by atoms with van der Waals surface area (Å²) in [6, 6.07) is 6.03. The van der Waals surface area contributed by atoms with Crippen molar-refractivity contribution in [2.45, 2.75) is 12.5 Å². The molecule has 7 nitrogen and oxygen atoms in total. The molecule has 0 aliphatic rings. The van der Waals surface area contributed by atoms with E-state index < -0.39 is 17.9 Å². The standard InChI is InChI=1S/C13H14N4O3/c14-10(5-12(15)18)13(19)17-9-3-1-2-8(4-9)11-6-16-7-20-11/h1-4,6-7,10H,5,14H2,(H2,15,18)(H,17,19). The lowest BCUT2D eigenvalue weighted by Crippen LogP contribution is -2.38. The number of hydrogen-bond donors (Lipinski definition) is 3. The fourth-order valence-corrected chi connectivity index (χ4v) is 1.65.